The lowest BCUT2D eigenvalue weighted by Crippen LogP contribution is -2.06. The Hall–Kier alpha value is -1.77. The molecule has 0 radical (unpaired) electrons. The molecule has 0 heterocycles. The molecular weight excluding hydrogens is 240 g/mol. The van der Waals surface area contributed by atoms with Crippen LogP contribution >= 0.6 is 0 Å². The van der Waals surface area contributed by atoms with Crippen LogP contribution in [-0.4, -0.2) is 35.5 Å². The first kappa shape index (κ1) is 14.2. The molecular formula is C8H8O7S. The lowest BCUT2D eigenvalue weighted by Gasteiger charge is -1.98. The number of carboxylic acids is 2. The summed E-state index contributed by atoms with van der Waals surface area (Å²) in [4.78, 5) is 20.9. The minimum atomic E-state index is -2.61. The average Bonchev–Trinajstić information content (AvgIpc) is 2.16. The number of carboxylic acid groups (broad SMARTS) is 2. The molecule has 0 bridgehead atoms. The quantitative estimate of drug-likeness (QED) is 0.568. The Bertz CT molecular complexity index is 378. The molecule has 1 rings (SSSR count). The molecule has 0 saturated carbocycles. The Kier molecular flexibility index (Phi) is 5.93. The molecule has 0 aliphatic heterocycles. The van der Waals surface area contributed by atoms with Crippen molar-refractivity contribution in [3.05, 3.63) is 35.4 Å². The lowest BCUT2D eigenvalue weighted by atomic mass is 10.1. The predicted octanol–water partition coefficient (Wildman–Crippen LogP) is 0.764. The van der Waals surface area contributed by atoms with Gasteiger partial charge in [-0.15, -0.1) is 0 Å². The third-order valence-electron chi connectivity index (χ3n) is 1.39. The minimum absolute atomic E-state index is 0.190. The van der Waals surface area contributed by atoms with Crippen molar-refractivity contribution < 1.29 is 33.1 Å². The van der Waals surface area contributed by atoms with Gasteiger partial charge >= 0.3 is 11.9 Å². The summed E-state index contributed by atoms with van der Waals surface area (Å²) in [5.74, 6) is -2.46. The second-order valence-electron chi connectivity index (χ2n) is 2.39. The molecule has 0 amide bonds. The molecule has 4 N–H and O–H groups in total. The van der Waals surface area contributed by atoms with Gasteiger partial charge < -0.3 is 10.2 Å². The minimum Gasteiger partial charge on any atom is -0.478 e. The summed E-state index contributed by atoms with van der Waals surface area (Å²) in [5, 5.41) is 17.1. The molecule has 1 aromatic carbocycles. The van der Waals surface area contributed by atoms with Gasteiger partial charge in [0.05, 0.1) is 11.1 Å². The zero-order chi connectivity index (χ0) is 12.7. The molecule has 88 valence electrons. The number of hydrogen-bond acceptors (Lipinski definition) is 3. The van der Waals surface area contributed by atoms with E-state index in [-0.39, 0.29) is 11.1 Å². The van der Waals surface area contributed by atoms with Gasteiger partial charge in [-0.25, -0.2) is 9.59 Å². The van der Waals surface area contributed by atoms with Gasteiger partial charge in [0.2, 0.25) is 0 Å². The van der Waals surface area contributed by atoms with E-state index in [9.17, 15) is 9.59 Å². The van der Waals surface area contributed by atoms with Crippen LogP contribution in [0, 0.1) is 0 Å². The predicted molar refractivity (Wildman–Crippen MR) is 53.8 cm³/mol. The van der Waals surface area contributed by atoms with Crippen molar-refractivity contribution in [1.29, 1.82) is 0 Å². The normalized spacial score (nSPS) is 9.19. The van der Waals surface area contributed by atoms with Gasteiger partial charge in [-0.1, -0.05) is 12.1 Å². The first-order valence-electron chi connectivity index (χ1n) is 3.71. The second-order valence-corrected chi connectivity index (χ2v) is 2.85. The van der Waals surface area contributed by atoms with Crippen LogP contribution < -0.4 is 0 Å². The molecule has 1 aromatic rings. The van der Waals surface area contributed by atoms with Crippen molar-refractivity contribution in [1.82, 2.24) is 0 Å². The highest BCUT2D eigenvalue weighted by Crippen LogP contribution is 2.07. The molecule has 0 fully saturated rings. The fourth-order valence-corrected chi connectivity index (χ4v) is 0.856. The van der Waals surface area contributed by atoms with E-state index in [2.05, 4.69) is 0 Å². The first-order chi connectivity index (χ1) is 7.36. The lowest BCUT2D eigenvalue weighted by molar-refractivity contribution is 0.0651. The average molecular weight is 248 g/mol. The Labute approximate surface area is 92.5 Å². The summed E-state index contributed by atoms with van der Waals surface area (Å²) in [6.45, 7) is 0. The second kappa shape index (κ2) is 6.67. The SMILES string of the molecule is O=C(O)c1ccccc1C(=O)O.O=S(O)O. The van der Waals surface area contributed by atoms with Crippen molar-refractivity contribution in [3.63, 3.8) is 0 Å². The van der Waals surface area contributed by atoms with E-state index in [1.54, 1.807) is 0 Å². The highest BCUT2D eigenvalue weighted by molar-refractivity contribution is 7.73. The van der Waals surface area contributed by atoms with Crippen LogP contribution in [0.1, 0.15) is 20.7 Å². The van der Waals surface area contributed by atoms with Gasteiger partial charge in [0.25, 0.3) is 11.4 Å². The zero-order valence-corrected chi connectivity index (χ0v) is 8.55. The van der Waals surface area contributed by atoms with Crippen LogP contribution in [0.3, 0.4) is 0 Å². The maximum absolute atomic E-state index is 10.5. The first-order valence-corrected chi connectivity index (χ1v) is 4.78. The zero-order valence-electron chi connectivity index (χ0n) is 7.73. The summed E-state index contributed by atoms with van der Waals surface area (Å²) in [5.41, 5.74) is -0.380. The molecule has 0 aromatic heterocycles. The van der Waals surface area contributed by atoms with Crippen LogP contribution in [-0.2, 0) is 11.4 Å². The van der Waals surface area contributed by atoms with Crippen LogP contribution in [0.15, 0.2) is 24.3 Å². The van der Waals surface area contributed by atoms with Crippen molar-refractivity contribution in [2.24, 2.45) is 0 Å². The number of benzene rings is 1. The van der Waals surface area contributed by atoms with Gasteiger partial charge in [0.1, 0.15) is 0 Å². The van der Waals surface area contributed by atoms with E-state index in [1.165, 1.54) is 24.3 Å². The molecule has 0 aliphatic carbocycles. The van der Waals surface area contributed by atoms with Gasteiger partial charge in [0.15, 0.2) is 0 Å². The fourth-order valence-electron chi connectivity index (χ4n) is 0.856. The summed E-state index contributed by atoms with van der Waals surface area (Å²) in [6, 6.07) is 5.48. The molecule has 0 aliphatic rings. The summed E-state index contributed by atoms with van der Waals surface area (Å²) in [7, 11) is 0. The Morgan fingerprint density at radius 3 is 1.38 bits per heavy atom. The van der Waals surface area contributed by atoms with Crippen molar-refractivity contribution in [3.8, 4) is 0 Å². The van der Waals surface area contributed by atoms with Gasteiger partial charge in [-0.2, -0.15) is 4.21 Å². The van der Waals surface area contributed by atoms with E-state index < -0.39 is 23.3 Å². The third kappa shape index (κ3) is 5.20. The van der Waals surface area contributed by atoms with Gasteiger partial charge in [0, 0.05) is 0 Å². The van der Waals surface area contributed by atoms with Crippen molar-refractivity contribution >= 4 is 23.3 Å². The van der Waals surface area contributed by atoms with Crippen molar-refractivity contribution in [2.75, 3.05) is 0 Å². The molecule has 8 heteroatoms. The molecule has 0 saturated heterocycles. The number of rotatable bonds is 2. The van der Waals surface area contributed by atoms with Crippen LogP contribution in [0.4, 0.5) is 0 Å². The molecule has 7 nitrogen and oxygen atoms in total. The molecule has 0 atom stereocenters. The van der Waals surface area contributed by atoms with E-state index in [0.717, 1.165) is 0 Å². The maximum Gasteiger partial charge on any atom is 0.336 e. The van der Waals surface area contributed by atoms with E-state index >= 15 is 0 Å². The monoisotopic (exact) mass is 248 g/mol. The number of carbonyl (C=O) groups is 2. The topological polar surface area (TPSA) is 132 Å². The van der Waals surface area contributed by atoms with Crippen LogP contribution in [0.5, 0.6) is 0 Å². The standard InChI is InChI=1S/C8H6O4.H2O3S/c9-7(10)5-3-1-2-4-6(5)8(11)12;1-4(2)3/h1-4H,(H,9,10)(H,11,12);(H2,1,2,3). The molecule has 16 heavy (non-hydrogen) atoms. The maximum atomic E-state index is 10.5. The highest BCUT2D eigenvalue weighted by atomic mass is 32.2. The molecule has 0 unspecified atom stereocenters. The Morgan fingerprint density at radius 2 is 1.19 bits per heavy atom. The van der Waals surface area contributed by atoms with Crippen molar-refractivity contribution in [2.45, 2.75) is 0 Å². The Balaban J connectivity index is 0.000000487. The summed E-state index contributed by atoms with van der Waals surface area (Å²) >= 11 is -2.61. The Morgan fingerprint density at radius 1 is 0.938 bits per heavy atom. The fraction of sp³-hybridized carbons (Fsp3) is 0. The largest absolute Gasteiger partial charge is 0.478 e. The van der Waals surface area contributed by atoms with Gasteiger partial charge in [-0.3, -0.25) is 9.11 Å². The smallest absolute Gasteiger partial charge is 0.336 e. The van der Waals surface area contributed by atoms with E-state index in [0.29, 0.717) is 0 Å². The number of hydrogen-bond donors (Lipinski definition) is 4. The van der Waals surface area contributed by atoms with Gasteiger partial charge in [-0.05, 0) is 12.1 Å². The number of aromatic carboxylic acids is 2. The summed E-state index contributed by atoms with van der Waals surface area (Å²) in [6.07, 6.45) is 0. The van der Waals surface area contributed by atoms with Crippen LogP contribution in [0.25, 0.3) is 0 Å². The molecule has 0 spiro atoms. The highest BCUT2D eigenvalue weighted by Gasteiger charge is 2.13. The van der Waals surface area contributed by atoms with Crippen LogP contribution in [0.2, 0.25) is 0 Å². The van der Waals surface area contributed by atoms with E-state index in [4.69, 9.17) is 23.5 Å². The third-order valence-corrected chi connectivity index (χ3v) is 1.39. The van der Waals surface area contributed by atoms with E-state index in [1.807, 2.05) is 0 Å². The summed E-state index contributed by atoms with van der Waals surface area (Å²) < 4.78 is 22.8.